The molecule has 26 heavy (non-hydrogen) atoms. The highest BCUT2D eigenvalue weighted by atomic mass is 16.5. The summed E-state index contributed by atoms with van der Waals surface area (Å²) in [6.45, 7) is 4.04. The Labute approximate surface area is 152 Å². The SMILES string of the molecule is COc1cccc(NC(=O)c2cc(Nc3c(C)cccc3C)ncn2)c1. The number of benzene rings is 2. The molecule has 0 saturated heterocycles. The van der Waals surface area contributed by atoms with E-state index >= 15 is 0 Å². The molecule has 2 aromatic carbocycles. The molecule has 0 bridgehead atoms. The normalized spacial score (nSPS) is 10.3. The second kappa shape index (κ2) is 7.65. The molecular formula is C20H20N4O2. The van der Waals surface area contributed by atoms with Crippen molar-refractivity contribution in [2.24, 2.45) is 0 Å². The summed E-state index contributed by atoms with van der Waals surface area (Å²) in [4.78, 5) is 20.8. The molecule has 1 amide bonds. The molecule has 0 aliphatic rings. The molecule has 3 aromatic rings. The summed E-state index contributed by atoms with van der Waals surface area (Å²) in [5, 5.41) is 6.08. The van der Waals surface area contributed by atoms with Gasteiger partial charge in [0.15, 0.2) is 0 Å². The zero-order valence-corrected chi connectivity index (χ0v) is 14.9. The van der Waals surface area contributed by atoms with Crippen LogP contribution >= 0.6 is 0 Å². The summed E-state index contributed by atoms with van der Waals surface area (Å²) in [6, 6.07) is 14.8. The molecule has 6 heteroatoms. The number of aryl methyl sites for hydroxylation is 2. The monoisotopic (exact) mass is 348 g/mol. The van der Waals surface area contributed by atoms with Crippen molar-refractivity contribution in [3.8, 4) is 5.75 Å². The first kappa shape index (κ1) is 17.4. The van der Waals surface area contributed by atoms with Crippen molar-refractivity contribution in [2.75, 3.05) is 17.7 Å². The molecule has 0 fully saturated rings. The Morgan fingerprint density at radius 2 is 1.73 bits per heavy atom. The number of hydrogen-bond acceptors (Lipinski definition) is 5. The van der Waals surface area contributed by atoms with Crippen LogP contribution in [0.4, 0.5) is 17.2 Å². The van der Waals surface area contributed by atoms with E-state index < -0.39 is 0 Å². The molecule has 1 heterocycles. The van der Waals surface area contributed by atoms with E-state index in [1.807, 2.05) is 44.2 Å². The predicted molar refractivity (Wildman–Crippen MR) is 102 cm³/mol. The van der Waals surface area contributed by atoms with Gasteiger partial charge in [-0.15, -0.1) is 0 Å². The van der Waals surface area contributed by atoms with Gasteiger partial charge < -0.3 is 15.4 Å². The maximum absolute atomic E-state index is 12.5. The van der Waals surface area contributed by atoms with E-state index in [1.165, 1.54) is 6.33 Å². The standard InChI is InChI=1S/C20H20N4O2/c1-13-6-4-7-14(2)19(13)24-18-11-17(21-12-22-18)20(25)23-15-8-5-9-16(10-15)26-3/h4-12H,1-3H3,(H,23,25)(H,21,22,24). The largest absolute Gasteiger partial charge is 0.497 e. The van der Waals surface area contributed by atoms with Crippen LogP contribution in [0.3, 0.4) is 0 Å². The number of nitrogens with zero attached hydrogens (tertiary/aromatic N) is 2. The first-order chi connectivity index (χ1) is 12.6. The Kier molecular flexibility index (Phi) is 5.12. The molecule has 0 unspecified atom stereocenters. The van der Waals surface area contributed by atoms with E-state index in [2.05, 4.69) is 20.6 Å². The molecule has 0 aliphatic heterocycles. The zero-order valence-electron chi connectivity index (χ0n) is 14.9. The summed E-state index contributed by atoms with van der Waals surface area (Å²) in [6.07, 6.45) is 1.37. The smallest absolute Gasteiger partial charge is 0.274 e. The molecule has 0 saturated carbocycles. The van der Waals surface area contributed by atoms with E-state index in [9.17, 15) is 4.79 Å². The predicted octanol–water partition coefficient (Wildman–Crippen LogP) is 4.10. The van der Waals surface area contributed by atoms with Gasteiger partial charge in [-0.2, -0.15) is 0 Å². The minimum absolute atomic E-state index is 0.275. The fraction of sp³-hybridized carbons (Fsp3) is 0.150. The van der Waals surface area contributed by atoms with Gasteiger partial charge in [-0.1, -0.05) is 24.3 Å². The number of ether oxygens (including phenoxy) is 1. The minimum atomic E-state index is -0.315. The van der Waals surface area contributed by atoms with Crippen molar-refractivity contribution in [1.82, 2.24) is 9.97 Å². The van der Waals surface area contributed by atoms with E-state index in [0.29, 0.717) is 17.3 Å². The number of rotatable bonds is 5. The number of carbonyl (C=O) groups is 1. The van der Waals surface area contributed by atoms with Crippen molar-refractivity contribution in [3.63, 3.8) is 0 Å². The number of nitrogens with one attached hydrogen (secondary N) is 2. The molecule has 1 aromatic heterocycles. The van der Waals surface area contributed by atoms with Crippen molar-refractivity contribution in [2.45, 2.75) is 13.8 Å². The van der Waals surface area contributed by atoms with Gasteiger partial charge in [0.2, 0.25) is 0 Å². The number of para-hydroxylation sites is 1. The maximum Gasteiger partial charge on any atom is 0.274 e. The molecule has 0 atom stereocenters. The summed E-state index contributed by atoms with van der Waals surface area (Å²) in [7, 11) is 1.58. The summed E-state index contributed by atoms with van der Waals surface area (Å²) >= 11 is 0. The lowest BCUT2D eigenvalue weighted by molar-refractivity contribution is 0.102. The van der Waals surface area contributed by atoms with Gasteiger partial charge in [-0.3, -0.25) is 4.79 Å². The second-order valence-corrected chi connectivity index (χ2v) is 5.87. The lowest BCUT2D eigenvalue weighted by atomic mass is 10.1. The average molecular weight is 348 g/mol. The molecule has 132 valence electrons. The van der Waals surface area contributed by atoms with Crippen molar-refractivity contribution >= 4 is 23.1 Å². The van der Waals surface area contributed by atoms with Crippen LogP contribution in [0.25, 0.3) is 0 Å². The van der Waals surface area contributed by atoms with Gasteiger partial charge in [0.1, 0.15) is 23.6 Å². The highest BCUT2D eigenvalue weighted by molar-refractivity contribution is 6.03. The molecule has 6 nitrogen and oxygen atoms in total. The Balaban J connectivity index is 1.79. The van der Waals surface area contributed by atoms with E-state index in [0.717, 1.165) is 16.8 Å². The zero-order chi connectivity index (χ0) is 18.5. The summed E-state index contributed by atoms with van der Waals surface area (Å²) < 4.78 is 5.16. The Morgan fingerprint density at radius 3 is 2.46 bits per heavy atom. The second-order valence-electron chi connectivity index (χ2n) is 5.87. The Bertz CT molecular complexity index is 920. The third-order valence-electron chi connectivity index (χ3n) is 3.96. The van der Waals surface area contributed by atoms with Crippen LogP contribution in [0.15, 0.2) is 54.9 Å². The highest BCUT2D eigenvalue weighted by Crippen LogP contribution is 2.23. The first-order valence-electron chi connectivity index (χ1n) is 8.17. The van der Waals surface area contributed by atoms with Gasteiger partial charge in [-0.05, 0) is 37.1 Å². The van der Waals surface area contributed by atoms with Gasteiger partial charge in [0, 0.05) is 23.5 Å². The number of methoxy groups -OCH3 is 1. The van der Waals surface area contributed by atoms with Crippen LogP contribution < -0.4 is 15.4 Å². The molecule has 2 N–H and O–H groups in total. The van der Waals surface area contributed by atoms with Crippen LogP contribution in [-0.2, 0) is 0 Å². The van der Waals surface area contributed by atoms with Crippen molar-refractivity contribution in [1.29, 1.82) is 0 Å². The summed E-state index contributed by atoms with van der Waals surface area (Å²) in [5.74, 6) is 0.918. The van der Waals surface area contributed by atoms with E-state index in [1.54, 1.807) is 25.3 Å². The Morgan fingerprint density at radius 1 is 1.00 bits per heavy atom. The lowest BCUT2D eigenvalue weighted by Gasteiger charge is -2.12. The first-order valence-corrected chi connectivity index (χ1v) is 8.17. The van der Waals surface area contributed by atoms with Crippen LogP contribution in [0.2, 0.25) is 0 Å². The fourth-order valence-corrected chi connectivity index (χ4v) is 2.59. The van der Waals surface area contributed by atoms with Crippen molar-refractivity contribution in [3.05, 3.63) is 71.7 Å². The molecule has 0 aliphatic carbocycles. The number of hydrogen-bond donors (Lipinski definition) is 2. The molecule has 3 rings (SSSR count). The third kappa shape index (κ3) is 3.97. The topological polar surface area (TPSA) is 76.1 Å². The molecular weight excluding hydrogens is 328 g/mol. The van der Waals surface area contributed by atoms with Gasteiger partial charge in [-0.25, -0.2) is 9.97 Å². The minimum Gasteiger partial charge on any atom is -0.497 e. The van der Waals surface area contributed by atoms with Crippen LogP contribution in [0.1, 0.15) is 21.6 Å². The third-order valence-corrected chi connectivity index (χ3v) is 3.96. The number of carbonyl (C=O) groups excluding carboxylic acids is 1. The van der Waals surface area contributed by atoms with Crippen LogP contribution in [0, 0.1) is 13.8 Å². The van der Waals surface area contributed by atoms with Gasteiger partial charge in [0.05, 0.1) is 7.11 Å². The maximum atomic E-state index is 12.5. The number of aromatic nitrogens is 2. The van der Waals surface area contributed by atoms with Crippen LogP contribution in [0.5, 0.6) is 5.75 Å². The number of anilines is 3. The highest BCUT2D eigenvalue weighted by Gasteiger charge is 2.11. The van der Waals surface area contributed by atoms with E-state index in [-0.39, 0.29) is 11.6 Å². The lowest BCUT2D eigenvalue weighted by Crippen LogP contribution is -2.14. The quantitative estimate of drug-likeness (QED) is 0.726. The van der Waals surface area contributed by atoms with Crippen LogP contribution in [-0.4, -0.2) is 23.0 Å². The Hall–Kier alpha value is -3.41. The summed E-state index contributed by atoms with van der Waals surface area (Å²) in [5.41, 5.74) is 4.09. The average Bonchev–Trinajstić information content (AvgIpc) is 2.65. The number of amides is 1. The molecule has 0 radical (unpaired) electrons. The van der Waals surface area contributed by atoms with Crippen molar-refractivity contribution < 1.29 is 9.53 Å². The fourth-order valence-electron chi connectivity index (χ4n) is 2.59. The van der Waals surface area contributed by atoms with Gasteiger partial charge in [0.25, 0.3) is 5.91 Å². The van der Waals surface area contributed by atoms with Gasteiger partial charge >= 0.3 is 0 Å². The van der Waals surface area contributed by atoms with E-state index in [4.69, 9.17) is 4.74 Å². The molecule has 0 spiro atoms.